The van der Waals surface area contributed by atoms with Crippen LogP contribution in [-0.4, -0.2) is 29.6 Å². The molecular formula is C16H17NO3S. The lowest BCUT2D eigenvalue weighted by Crippen LogP contribution is -2.25. The zero-order chi connectivity index (χ0) is 15.2. The van der Waals surface area contributed by atoms with Gasteiger partial charge < -0.3 is 14.4 Å². The van der Waals surface area contributed by atoms with E-state index in [-0.39, 0.29) is 12.5 Å². The first-order chi connectivity index (χ1) is 10.1. The number of aliphatic hydroxyl groups excluding tert-OH is 1. The minimum Gasteiger partial charge on any atom is -0.456 e. The van der Waals surface area contributed by atoms with Gasteiger partial charge in [-0.15, -0.1) is 11.3 Å². The van der Waals surface area contributed by atoms with Gasteiger partial charge in [-0.25, -0.2) is 0 Å². The van der Waals surface area contributed by atoms with E-state index in [0.29, 0.717) is 18.7 Å². The Morgan fingerprint density at radius 1 is 1.48 bits per heavy atom. The molecule has 0 spiro atoms. The molecule has 1 N–H and O–H groups in total. The van der Waals surface area contributed by atoms with Crippen LogP contribution >= 0.6 is 11.3 Å². The van der Waals surface area contributed by atoms with Crippen LogP contribution in [-0.2, 0) is 6.54 Å². The maximum Gasteiger partial charge on any atom is 0.289 e. The van der Waals surface area contributed by atoms with Gasteiger partial charge in [-0.3, -0.25) is 4.79 Å². The molecule has 4 nitrogen and oxygen atoms in total. The normalized spacial score (nSPS) is 10.0. The first-order valence-electron chi connectivity index (χ1n) is 6.59. The van der Waals surface area contributed by atoms with Gasteiger partial charge in [0.15, 0.2) is 5.76 Å². The second-order valence-electron chi connectivity index (χ2n) is 4.67. The quantitative estimate of drug-likeness (QED) is 0.884. The zero-order valence-corrected chi connectivity index (χ0v) is 12.9. The predicted molar refractivity (Wildman–Crippen MR) is 82.1 cm³/mol. The third kappa shape index (κ3) is 4.22. The molecule has 0 unspecified atom stereocenters. The number of thiophene rings is 1. The standard InChI is InChI=1S/C16H17NO3S/c1-12-6-7-15(20-12)16(19)17(2)10-13-9-14(21-11-13)5-3-4-8-18/h6-7,9,11,18H,4,8,10H2,1-2H3. The number of carbonyl (C=O) groups excluding carboxylic acids is 1. The fourth-order valence-corrected chi connectivity index (χ4v) is 2.58. The first-order valence-corrected chi connectivity index (χ1v) is 7.47. The first kappa shape index (κ1) is 15.4. The van der Waals surface area contributed by atoms with Crippen molar-refractivity contribution in [2.24, 2.45) is 0 Å². The number of hydrogen-bond acceptors (Lipinski definition) is 4. The molecule has 0 bridgehead atoms. The van der Waals surface area contributed by atoms with Crippen molar-refractivity contribution in [3.05, 3.63) is 45.5 Å². The van der Waals surface area contributed by atoms with Crippen molar-refractivity contribution in [2.45, 2.75) is 19.9 Å². The summed E-state index contributed by atoms with van der Waals surface area (Å²) in [6, 6.07) is 5.43. The van der Waals surface area contributed by atoms with Gasteiger partial charge in [0.25, 0.3) is 5.91 Å². The Bertz CT molecular complexity index is 675. The van der Waals surface area contributed by atoms with Crippen LogP contribution < -0.4 is 0 Å². The highest BCUT2D eigenvalue weighted by Gasteiger charge is 2.15. The number of hydrogen-bond donors (Lipinski definition) is 1. The summed E-state index contributed by atoms with van der Waals surface area (Å²) in [6.45, 7) is 2.40. The minimum atomic E-state index is -0.137. The van der Waals surface area contributed by atoms with Crippen LogP contribution in [0.5, 0.6) is 0 Å². The van der Waals surface area contributed by atoms with Crippen molar-refractivity contribution in [3.8, 4) is 11.8 Å². The molecule has 21 heavy (non-hydrogen) atoms. The number of aryl methyl sites for hydroxylation is 1. The molecule has 0 aliphatic heterocycles. The van der Waals surface area contributed by atoms with Gasteiger partial charge in [-0.2, -0.15) is 0 Å². The number of rotatable bonds is 4. The number of carbonyl (C=O) groups is 1. The fourth-order valence-electron chi connectivity index (χ4n) is 1.81. The van der Waals surface area contributed by atoms with Crippen LogP contribution in [0.1, 0.15) is 33.2 Å². The molecule has 0 aliphatic carbocycles. The smallest absolute Gasteiger partial charge is 0.289 e. The van der Waals surface area contributed by atoms with Gasteiger partial charge in [0.1, 0.15) is 5.76 Å². The summed E-state index contributed by atoms with van der Waals surface area (Å²) in [5, 5.41) is 10.7. The summed E-state index contributed by atoms with van der Waals surface area (Å²) in [5.74, 6) is 6.82. The Hall–Kier alpha value is -2.03. The molecular weight excluding hydrogens is 286 g/mol. The van der Waals surface area contributed by atoms with Crippen LogP contribution in [0.4, 0.5) is 0 Å². The van der Waals surface area contributed by atoms with E-state index in [1.165, 1.54) is 11.3 Å². The van der Waals surface area contributed by atoms with Crippen molar-refractivity contribution >= 4 is 17.2 Å². The highest BCUT2D eigenvalue weighted by Crippen LogP contribution is 2.17. The van der Waals surface area contributed by atoms with Crippen molar-refractivity contribution in [1.82, 2.24) is 4.90 Å². The largest absolute Gasteiger partial charge is 0.456 e. The monoisotopic (exact) mass is 303 g/mol. The SMILES string of the molecule is Cc1ccc(C(=O)N(C)Cc2csc(C#CCCO)c2)o1. The van der Waals surface area contributed by atoms with Gasteiger partial charge in [0.05, 0.1) is 11.5 Å². The second-order valence-corrected chi connectivity index (χ2v) is 5.58. The lowest BCUT2D eigenvalue weighted by molar-refractivity contribution is 0.0752. The van der Waals surface area contributed by atoms with Crippen LogP contribution in [0, 0.1) is 18.8 Å². The van der Waals surface area contributed by atoms with Gasteiger partial charge in [-0.1, -0.05) is 11.8 Å². The molecule has 0 aliphatic rings. The molecule has 2 heterocycles. The summed E-state index contributed by atoms with van der Waals surface area (Å²) >= 11 is 1.54. The topological polar surface area (TPSA) is 53.7 Å². The van der Waals surface area contributed by atoms with Gasteiger partial charge >= 0.3 is 0 Å². The summed E-state index contributed by atoms with van der Waals surface area (Å²) in [5.41, 5.74) is 1.03. The maximum absolute atomic E-state index is 12.2. The maximum atomic E-state index is 12.2. The average Bonchev–Trinajstić information content (AvgIpc) is 3.07. The number of nitrogens with zero attached hydrogens (tertiary/aromatic N) is 1. The van der Waals surface area contributed by atoms with E-state index in [1.807, 2.05) is 18.4 Å². The van der Waals surface area contributed by atoms with Crippen molar-refractivity contribution in [2.75, 3.05) is 13.7 Å². The van der Waals surface area contributed by atoms with E-state index in [2.05, 4.69) is 11.8 Å². The molecule has 0 atom stereocenters. The lowest BCUT2D eigenvalue weighted by Gasteiger charge is -2.14. The molecule has 2 aromatic rings. The molecule has 1 amide bonds. The fraction of sp³-hybridized carbons (Fsp3) is 0.312. The van der Waals surface area contributed by atoms with E-state index in [9.17, 15) is 4.79 Å². The number of amides is 1. The van der Waals surface area contributed by atoms with E-state index in [0.717, 1.165) is 16.2 Å². The van der Waals surface area contributed by atoms with Gasteiger partial charge in [-0.05, 0) is 36.1 Å². The van der Waals surface area contributed by atoms with E-state index in [1.54, 1.807) is 24.1 Å². The third-order valence-corrected chi connectivity index (χ3v) is 3.71. The predicted octanol–water partition coefficient (Wildman–Crippen LogP) is 2.66. The Morgan fingerprint density at radius 2 is 2.29 bits per heavy atom. The van der Waals surface area contributed by atoms with Gasteiger partial charge in [0, 0.05) is 20.0 Å². The lowest BCUT2D eigenvalue weighted by atomic mass is 10.2. The van der Waals surface area contributed by atoms with Crippen LogP contribution in [0.15, 0.2) is 28.0 Å². The summed E-state index contributed by atoms with van der Waals surface area (Å²) < 4.78 is 5.34. The van der Waals surface area contributed by atoms with E-state index >= 15 is 0 Å². The molecule has 5 heteroatoms. The highest BCUT2D eigenvalue weighted by molar-refractivity contribution is 7.10. The van der Waals surface area contributed by atoms with Gasteiger partial charge in [0.2, 0.25) is 0 Å². The molecule has 0 saturated heterocycles. The van der Waals surface area contributed by atoms with E-state index < -0.39 is 0 Å². The average molecular weight is 303 g/mol. The Kier molecular flexibility index (Phi) is 5.20. The molecule has 2 aromatic heterocycles. The number of furan rings is 1. The summed E-state index contributed by atoms with van der Waals surface area (Å²) in [7, 11) is 1.75. The zero-order valence-electron chi connectivity index (χ0n) is 12.0. The molecule has 0 fully saturated rings. The molecule has 2 rings (SSSR count). The molecule has 0 saturated carbocycles. The van der Waals surface area contributed by atoms with Crippen LogP contribution in [0.2, 0.25) is 0 Å². The Balaban J connectivity index is 1.98. The molecule has 0 aromatic carbocycles. The van der Waals surface area contributed by atoms with Crippen LogP contribution in [0.25, 0.3) is 0 Å². The van der Waals surface area contributed by atoms with Crippen molar-refractivity contribution < 1.29 is 14.3 Å². The Labute approximate surface area is 128 Å². The molecule has 110 valence electrons. The van der Waals surface area contributed by atoms with Crippen LogP contribution in [0.3, 0.4) is 0 Å². The Morgan fingerprint density at radius 3 is 2.95 bits per heavy atom. The second kappa shape index (κ2) is 7.11. The van der Waals surface area contributed by atoms with Crippen molar-refractivity contribution in [1.29, 1.82) is 0 Å². The third-order valence-electron chi connectivity index (χ3n) is 2.82. The minimum absolute atomic E-state index is 0.0744. The number of aliphatic hydroxyl groups is 1. The molecule has 0 radical (unpaired) electrons. The highest BCUT2D eigenvalue weighted by atomic mass is 32.1. The summed E-state index contributed by atoms with van der Waals surface area (Å²) in [6.07, 6.45) is 0.476. The summed E-state index contributed by atoms with van der Waals surface area (Å²) in [4.78, 5) is 14.7. The van der Waals surface area contributed by atoms with E-state index in [4.69, 9.17) is 9.52 Å². The van der Waals surface area contributed by atoms with Crippen molar-refractivity contribution in [3.63, 3.8) is 0 Å².